The number of aliphatic hydroxyl groups excluding tert-OH is 1. The van der Waals surface area contributed by atoms with Gasteiger partial charge in [-0.25, -0.2) is 9.78 Å². The second-order valence-electron chi connectivity index (χ2n) is 19.1. The highest BCUT2D eigenvalue weighted by molar-refractivity contribution is 5.85. The molecule has 0 unspecified atom stereocenters. The maximum Gasteiger partial charge on any atom is 0.410 e. The Kier molecular flexibility index (Phi) is 15.9. The van der Waals surface area contributed by atoms with E-state index in [2.05, 4.69) is 37.7 Å². The number of Topliss-reactive ketones (excluding diaryl/α,β-unsaturated/α-hetero) is 1. The quantitative estimate of drug-likeness (QED) is 0.125. The fraction of sp³-hybridized carbons (Fsp3) is 0.729. The smallest absolute Gasteiger partial charge is 0.410 e. The van der Waals surface area contributed by atoms with Crippen LogP contribution in [-0.2, 0) is 44.6 Å². The van der Waals surface area contributed by atoms with Crippen molar-refractivity contribution < 1.29 is 47.9 Å². The van der Waals surface area contributed by atoms with Gasteiger partial charge in [0.05, 0.1) is 47.4 Å². The van der Waals surface area contributed by atoms with Gasteiger partial charge >= 0.3 is 12.1 Å². The molecule has 14 heteroatoms. The van der Waals surface area contributed by atoms with Crippen molar-refractivity contribution in [2.45, 2.75) is 175 Å². The van der Waals surface area contributed by atoms with Crippen LogP contribution >= 0.6 is 0 Å². The topological polar surface area (TPSA) is 161 Å². The summed E-state index contributed by atoms with van der Waals surface area (Å²) < 4.78 is 40.3. The molecule has 14 nitrogen and oxygen atoms in total. The number of fused-ring (bicyclic) bond motifs is 1. The van der Waals surface area contributed by atoms with Crippen LogP contribution < -0.4 is 0 Å². The molecule has 2 aromatic rings. The number of rotatable bonds is 12. The minimum atomic E-state index is -1.35. The van der Waals surface area contributed by atoms with E-state index in [0.717, 1.165) is 28.8 Å². The third-order valence-electron chi connectivity index (χ3n) is 14.6. The van der Waals surface area contributed by atoms with Crippen LogP contribution in [0.2, 0.25) is 0 Å². The minimum absolute atomic E-state index is 0.0307. The first kappa shape index (κ1) is 49.3. The van der Waals surface area contributed by atoms with Crippen molar-refractivity contribution in [2.24, 2.45) is 29.6 Å². The molecule has 5 heterocycles. The Morgan fingerprint density at radius 1 is 0.952 bits per heavy atom. The zero-order valence-electron chi connectivity index (χ0n) is 39.7. The van der Waals surface area contributed by atoms with Crippen LogP contribution in [0.4, 0.5) is 4.79 Å². The highest BCUT2D eigenvalue weighted by Crippen LogP contribution is 2.47. The summed E-state index contributed by atoms with van der Waals surface area (Å²) in [4.78, 5) is 54.1. The SMILES string of the molecule is CC[C@H]1OC(=O)[C@H](C)[C@@H](O[C@H]2C[C@@](C)(OC)[C@@H](O)[C@H](C)O2)[C@H](C)[C@@H](C(C)=C(C)C)[C@](C)(OC)C[C@@H](C)C(=O)[C@H](C)[C@H]2N(CCCCn3cnc(-c4cccnc4)c3)C(=O)O[C@]12C. The fourth-order valence-corrected chi connectivity index (χ4v) is 10.7. The highest BCUT2D eigenvalue weighted by Gasteiger charge is 2.60. The van der Waals surface area contributed by atoms with Crippen molar-refractivity contribution in [1.29, 1.82) is 0 Å². The normalized spacial score (nSPS) is 37.3. The molecule has 62 heavy (non-hydrogen) atoms. The number of hydrogen-bond donors (Lipinski definition) is 1. The molecular formula is C48H74N4O10. The number of unbranched alkanes of at least 4 members (excludes halogenated alkanes) is 1. The van der Waals surface area contributed by atoms with Gasteiger partial charge in [0.15, 0.2) is 11.9 Å². The van der Waals surface area contributed by atoms with Gasteiger partial charge in [-0.1, -0.05) is 38.8 Å². The summed E-state index contributed by atoms with van der Waals surface area (Å²) in [5, 5.41) is 11.0. The maximum absolute atomic E-state index is 14.9. The number of allylic oxidation sites excluding steroid dienone is 1. The van der Waals surface area contributed by atoms with Crippen LogP contribution in [0.3, 0.4) is 0 Å². The zero-order chi connectivity index (χ0) is 45.9. The first-order valence-electron chi connectivity index (χ1n) is 22.5. The molecule has 2 aromatic heterocycles. The van der Waals surface area contributed by atoms with Crippen LogP contribution in [0.5, 0.6) is 0 Å². The van der Waals surface area contributed by atoms with Crippen LogP contribution in [0, 0.1) is 29.6 Å². The predicted molar refractivity (Wildman–Crippen MR) is 235 cm³/mol. The number of amides is 1. The van der Waals surface area contributed by atoms with E-state index in [1.54, 1.807) is 58.6 Å². The highest BCUT2D eigenvalue weighted by atomic mass is 16.7. The number of methoxy groups -OCH3 is 2. The lowest BCUT2D eigenvalue weighted by molar-refractivity contribution is -0.298. The standard InChI is InChI=1S/C48H74N4O10/c1-15-37-48(12)42(52(45(56)62-48)22-17-16-21-51-26-36(50-27-51)35-19-18-20-49-25-35)32(7)40(53)29(4)23-46(10,57-13)39(30(5)28(2)3)31(6)41(33(8)44(55)60-37)61-38-24-47(11,58-14)43(54)34(9)59-38/h18-20,25-27,29,31-34,37-39,41-43,54H,15-17,21-24H2,1-14H3/t29-,31-,32+,33-,34+,37-,38+,39-,41+,42-,43+,46-,47-,48-/m1/s1. The number of cyclic esters (lactones) is 1. The second-order valence-corrected chi connectivity index (χ2v) is 19.1. The van der Waals surface area contributed by atoms with E-state index in [-0.39, 0.29) is 24.0 Å². The van der Waals surface area contributed by atoms with Gasteiger partial charge in [-0.3, -0.25) is 14.6 Å². The van der Waals surface area contributed by atoms with Crippen molar-refractivity contribution in [3.63, 3.8) is 0 Å². The molecule has 0 aliphatic carbocycles. The summed E-state index contributed by atoms with van der Waals surface area (Å²) in [6.45, 7) is 24.2. The fourth-order valence-electron chi connectivity index (χ4n) is 10.7. The second kappa shape index (κ2) is 20.0. The van der Waals surface area contributed by atoms with E-state index in [0.29, 0.717) is 32.4 Å². The van der Waals surface area contributed by atoms with Gasteiger partial charge in [-0.2, -0.15) is 0 Å². The number of nitrogens with zero attached hydrogens (tertiary/aromatic N) is 4. The molecule has 3 aliphatic rings. The van der Waals surface area contributed by atoms with E-state index >= 15 is 0 Å². The number of aliphatic hydroxyl groups is 1. The van der Waals surface area contributed by atoms with Gasteiger partial charge in [0.2, 0.25) is 0 Å². The van der Waals surface area contributed by atoms with Gasteiger partial charge in [0, 0.05) is 75.6 Å². The molecule has 3 saturated heterocycles. The van der Waals surface area contributed by atoms with E-state index in [9.17, 15) is 19.5 Å². The van der Waals surface area contributed by atoms with E-state index in [1.165, 1.54) is 0 Å². The van der Waals surface area contributed by atoms with Gasteiger partial charge in [-0.05, 0) is 99.1 Å². The maximum atomic E-state index is 14.9. The van der Waals surface area contributed by atoms with Gasteiger partial charge in [0.25, 0.3) is 0 Å². The molecule has 0 saturated carbocycles. The Balaban J connectivity index is 1.51. The summed E-state index contributed by atoms with van der Waals surface area (Å²) in [5.74, 6) is -3.22. The molecule has 3 fully saturated rings. The lowest BCUT2D eigenvalue weighted by Crippen LogP contribution is -2.59. The van der Waals surface area contributed by atoms with Crippen molar-refractivity contribution in [3.8, 4) is 11.3 Å². The molecule has 1 N–H and O–H groups in total. The number of carbonyl (C=O) groups excluding carboxylic acids is 3. The molecule has 14 atom stereocenters. The number of ketones is 1. The Bertz CT molecular complexity index is 1880. The van der Waals surface area contributed by atoms with Gasteiger partial charge in [-0.15, -0.1) is 0 Å². The lowest BCUT2D eigenvalue weighted by atomic mass is 9.66. The third-order valence-corrected chi connectivity index (χ3v) is 14.6. The monoisotopic (exact) mass is 867 g/mol. The number of aromatic nitrogens is 3. The van der Waals surface area contributed by atoms with Crippen LogP contribution in [0.25, 0.3) is 11.3 Å². The van der Waals surface area contributed by atoms with Crippen molar-refractivity contribution in [3.05, 3.63) is 48.2 Å². The average molecular weight is 867 g/mol. The van der Waals surface area contributed by atoms with E-state index in [1.807, 2.05) is 57.5 Å². The summed E-state index contributed by atoms with van der Waals surface area (Å²) in [5.41, 5.74) is 0.706. The van der Waals surface area contributed by atoms with Gasteiger partial charge in [0.1, 0.15) is 18.0 Å². The van der Waals surface area contributed by atoms with E-state index in [4.69, 9.17) is 28.4 Å². The molecule has 1 amide bonds. The number of aryl methyl sites for hydroxylation is 1. The Morgan fingerprint density at radius 3 is 2.24 bits per heavy atom. The zero-order valence-corrected chi connectivity index (χ0v) is 39.7. The van der Waals surface area contributed by atoms with Crippen LogP contribution in [0.1, 0.15) is 115 Å². The van der Waals surface area contributed by atoms with Crippen LogP contribution in [0.15, 0.2) is 48.2 Å². The number of imidazole rings is 1. The molecule has 346 valence electrons. The first-order valence-corrected chi connectivity index (χ1v) is 22.5. The van der Waals surface area contributed by atoms with E-state index < -0.39 is 83.4 Å². The van der Waals surface area contributed by atoms with Crippen LogP contribution in [-0.4, -0.2) is 117 Å². The summed E-state index contributed by atoms with van der Waals surface area (Å²) in [7, 11) is 3.23. The Labute approximate surface area is 369 Å². The predicted octanol–water partition coefficient (Wildman–Crippen LogP) is 7.81. The number of pyridine rings is 1. The Morgan fingerprint density at radius 2 is 1.63 bits per heavy atom. The minimum Gasteiger partial charge on any atom is -0.458 e. The molecule has 5 rings (SSSR count). The van der Waals surface area contributed by atoms with Gasteiger partial charge < -0.3 is 43.0 Å². The van der Waals surface area contributed by atoms with Crippen molar-refractivity contribution in [1.82, 2.24) is 19.4 Å². The molecular weight excluding hydrogens is 793 g/mol. The number of ether oxygens (including phenoxy) is 6. The lowest BCUT2D eigenvalue weighted by Gasteiger charge is -2.49. The third kappa shape index (κ3) is 9.99. The van der Waals surface area contributed by atoms with Crippen molar-refractivity contribution >= 4 is 17.8 Å². The molecule has 0 spiro atoms. The molecule has 3 aliphatic heterocycles. The number of esters is 1. The number of hydrogen-bond acceptors (Lipinski definition) is 12. The average Bonchev–Trinajstić information content (AvgIpc) is 3.82. The molecule has 0 bridgehead atoms. The number of carbonyl (C=O) groups is 3. The Hall–Kier alpha value is -3.69. The molecule has 0 radical (unpaired) electrons. The first-order chi connectivity index (χ1) is 29.2. The largest absolute Gasteiger partial charge is 0.458 e. The summed E-state index contributed by atoms with van der Waals surface area (Å²) >= 11 is 0. The van der Waals surface area contributed by atoms with Crippen molar-refractivity contribution in [2.75, 3.05) is 20.8 Å². The molecule has 0 aromatic carbocycles. The summed E-state index contributed by atoms with van der Waals surface area (Å²) in [6, 6.07) is 3.12. The summed E-state index contributed by atoms with van der Waals surface area (Å²) in [6.07, 6.45) is 5.04.